The highest BCUT2D eigenvalue weighted by Gasteiger charge is 2.07. The largest absolute Gasteiger partial charge is 0.465 e. The highest BCUT2D eigenvalue weighted by atomic mass is 16.5. The van der Waals surface area contributed by atoms with Gasteiger partial charge < -0.3 is 4.74 Å². The van der Waals surface area contributed by atoms with Crippen molar-refractivity contribution >= 4 is 5.97 Å². The van der Waals surface area contributed by atoms with E-state index in [-0.39, 0.29) is 0 Å². The van der Waals surface area contributed by atoms with Crippen molar-refractivity contribution in [3.05, 3.63) is 24.3 Å². The molecule has 0 saturated carbocycles. The summed E-state index contributed by atoms with van der Waals surface area (Å²) in [6.45, 7) is 9.08. The lowest BCUT2D eigenvalue weighted by Crippen LogP contribution is -2.04. The van der Waals surface area contributed by atoms with Gasteiger partial charge in [0.05, 0.1) is 12.7 Å². The van der Waals surface area contributed by atoms with Gasteiger partial charge in [0.25, 0.3) is 0 Å². The van der Waals surface area contributed by atoms with Crippen molar-refractivity contribution in [3.63, 3.8) is 0 Å². The number of carbonyl (C=O) groups excluding carboxylic acids is 1. The number of carbonyl (C=O) groups is 1. The predicted octanol–water partition coefficient (Wildman–Crippen LogP) is 1.68. The van der Waals surface area contributed by atoms with Gasteiger partial charge in [-0.2, -0.15) is 0 Å². The summed E-state index contributed by atoms with van der Waals surface area (Å²) in [7, 11) is 1.33. The third-order valence-electron chi connectivity index (χ3n) is 1.29. The molecule has 0 bridgehead atoms. The van der Waals surface area contributed by atoms with E-state index in [1.54, 1.807) is 0 Å². The van der Waals surface area contributed by atoms with Crippen LogP contribution in [0.1, 0.15) is 13.3 Å². The first-order valence-electron chi connectivity index (χ1n) is 3.08. The van der Waals surface area contributed by atoms with Crippen LogP contribution in [0, 0.1) is 0 Å². The summed E-state index contributed by atoms with van der Waals surface area (Å²) in [4.78, 5) is 10.7. The Labute approximate surface area is 61.2 Å². The molecule has 0 heterocycles. The molecule has 0 rings (SSSR count). The first-order valence-corrected chi connectivity index (χ1v) is 3.08. The van der Waals surface area contributed by atoms with Gasteiger partial charge in [0.2, 0.25) is 0 Å². The molecule has 0 aromatic heterocycles. The molecule has 56 valence electrons. The third kappa shape index (κ3) is 2.05. The molecule has 0 fully saturated rings. The van der Waals surface area contributed by atoms with Crippen LogP contribution in [0.25, 0.3) is 0 Å². The minimum atomic E-state index is -0.396. The Kier molecular flexibility index (Phi) is 3.47. The van der Waals surface area contributed by atoms with Crippen LogP contribution in [0.15, 0.2) is 24.3 Å². The summed E-state index contributed by atoms with van der Waals surface area (Å²) in [6.07, 6.45) is 0.730. The minimum absolute atomic E-state index is 0.366. The van der Waals surface area contributed by atoms with E-state index in [4.69, 9.17) is 0 Å². The van der Waals surface area contributed by atoms with Crippen LogP contribution < -0.4 is 0 Å². The summed E-state index contributed by atoms with van der Waals surface area (Å²) < 4.78 is 4.44. The fourth-order valence-corrected chi connectivity index (χ4v) is 0.481. The van der Waals surface area contributed by atoms with Crippen LogP contribution in [-0.4, -0.2) is 13.1 Å². The summed E-state index contributed by atoms with van der Waals surface area (Å²) in [5, 5.41) is 0. The Morgan fingerprint density at radius 3 is 2.30 bits per heavy atom. The van der Waals surface area contributed by atoms with Crippen molar-refractivity contribution in [3.8, 4) is 0 Å². The fourth-order valence-electron chi connectivity index (χ4n) is 0.481. The zero-order valence-corrected chi connectivity index (χ0v) is 6.44. The van der Waals surface area contributed by atoms with Crippen molar-refractivity contribution in [2.75, 3.05) is 7.11 Å². The standard InChI is InChI=1S/C8H12O2/c1-5-6(2)7(3)8(9)10-4/h2-3,5H2,1,4H3. The van der Waals surface area contributed by atoms with Crippen molar-refractivity contribution in [1.82, 2.24) is 0 Å². The Bertz CT molecular complexity index is 150. The lowest BCUT2D eigenvalue weighted by atomic mass is 10.1. The third-order valence-corrected chi connectivity index (χ3v) is 1.29. The number of esters is 1. The summed E-state index contributed by atoms with van der Waals surface area (Å²) in [5.74, 6) is -0.396. The van der Waals surface area contributed by atoms with Gasteiger partial charge in [-0.3, -0.25) is 0 Å². The minimum Gasteiger partial charge on any atom is -0.465 e. The number of ether oxygens (including phenoxy) is 1. The van der Waals surface area contributed by atoms with Crippen molar-refractivity contribution in [2.24, 2.45) is 0 Å². The molecule has 0 amide bonds. The molecule has 0 spiro atoms. The maximum Gasteiger partial charge on any atom is 0.337 e. The van der Waals surface area contributed by atoms with E-state index in [1.165, 1.54) is 7.11 Å². The normalized spacial score (nSPS) is 8.60. The van der Waals surface area contributed by atoms with Gasteiger partial charge in [0.1, 0.15) is 0 Å². The average Bonchev–Trinajstić information content (AvgIpc) is 2.00. The van der Waals surface area contributed by atoms with Gasteiger partial charge in [-0.25, -0.2) is 4.79 Å². The van der Waals surface area contributed by atoms with E-state index in [0.29, 0.717) is 5.57 Å². The van der Waals surface area contributed by atoms with E-state index < -0.39 is 5.97 Å². The Morgan fingerprint density at radius 2 is 2.00 bits per heavy atom. The molecule has 10 heavy (non-hydrogen) atoms. The monoisotopic (exact) mass is 140 g/mol. The maximum absolute atomic E-state index is 10.7. The quantitative estimate of drug-likeness (QED) is 0.338. The molecule has 0 aromatic carbocycles. The van der Waals surface area contributed by atoms with Crippen molar-refractivity contribution in [2.45, 2.75) is 13.3 Å². The number of rotatable bonds is 3. The van der Waals surface area contributed by atoms with Crippen LogP contribution in [-0.2, 0) is 9.53 Å². The van der Waals surface area contributed by atoms with Crippen LogP contribution >= 0.6 is 0 Å². The molecule has 0 saturated heterocycles. The second-order valence-corrected chi connectivity index (χ2v) is 1.93. The predicted molar refractivity (Wildman–Crippen MR) is 40.6 cm³/mol. The molecule has 0 aliphatic heterocycles. The molecular formula is C8H12O2. The molecule has 2 heteroatoms. The molecule has 0 aromatic rings. The lowest BCUT2D eigenvalue weighted by Gasteiger charge is -2.02. The van der Waals surface area contributed by atoms with E-state index >= 15 is 0 Å². The maximum atomic E-state index is 10.7. The Hall–Kier alpha value is -1.05. The number of hydrogen-bond donors (Lipinski definition) is 0. The summed E-state index contributed by atoms with van der Waals surface area (Å²) in [6, 6.07) is 0. The molecule has 0 unspecified atom stereocenters. The first-order chi connectivity index (χ1) is 4.63. The van der Waals surface area contributed by atoms with Crippen LogP contribution in [0.4, 0.5) is 0 Å². The second kappa shape index (κ2) is 3.88. The van der Waals surface area contributed by atoms with Gasteiger partial charge in [0.15, 0.2) is 0 Å². The highest BCUT2D eigenvalue weighted by Crippen LogP contribution is 2.09. The smallest absolute Gasteiger partial charge is 0.337 e. The van der Waals surface area contributed by atoms with E-state index in [0.717, 1.165) is 12.0 Å². The number of hydrogen-bond acceptors (Lipinski definition) is 2. The second-order valence-electron chi connectivity index (χ2n) is 1.93. The van der Waals surface area contributed by atoms with Crippen molar-refractivity contribution in [1.29, 1.82) is 0 Å². The molecule has 0 atom stereocenters. The van der Waals surface area contributed by atoms with Crippen LogP contribution in [0.3, 0.4) is 0 Å². The molecule has 2 nitrogen and oxygen atoms in total. The van der Waals surface area contributed by atoms with Gasteiger partial charge >= 0.3 is 5.97 Å². The zero-order chi connectivity index (χ0) is 8.15. The fraction of sp³-hybridized carbons (Fsp3) is 0.375. The lowest BCUT2D eigenvalue weighted by molar-refractivity contribution is -0.135. The Morgan fingerprint density at radius 1 is 1.50 bits per heavy atom. The molecular weight excluding hydrogens is 128 g/mol. The van der Waals surface area contributed by atoms with Gasteiger partial charge in [-0.15, -0.1) is 0 Å². The van der Waals surface area contributed by atoms with Gasteiger partial charge in [-0.1, -0.05) is 20.1 Å². The van der Waals surface area contributed by atoms with Crippen LogP contribution in [0.2, 0.25) is 0 Å². The van der Waals surface area contributed by atoms with Crippen molar-refractivity contribution < 1.29 is 9.53 Å². The molecule has 0 N–H and O–H groups in total. The van der Waals surface area contributed by atoms with E-state index in [2.05, 4.69) is 17.9 Å². The molecule has 0 radical (unpaired) electrons. The first kappa shape index (κ1) is 8.95. The molecule has 0 aliphatic carbocycles. The Balaban J connectivity index is 4.09. The molecule has 0 aliphatic rings. The highest BCUT2D eigenvalue weighted by molar-refractivity contribution is 5.92. The topological polar surface area (TPSA) is 26.3 Å². The SMILES string of the molecule is C=C(CC)C(=C)C(=O)OC. The summed E-state index contributed by atoms with van der Waals surface area (Å²) in [5.41, 5.74) is 1.09. The van der Waals surface area contributed by atoms with Gasteiger partial charge in [-0.05, 0) is 12.0 Å². The van der Waals surface area contributed by atoms with Crippen LogP contribution in [0.5, 0.6) is 0 Å². The van der Waals surface area contributed by atoms with E-state index in [1.807, 2.05) is 6.92 Å². The summed E-state index contributed by atoms with van der Waals surface area (Å²) >= 11 is 0. The van der Waals surface area contributed by atoms with E-state index in [9.17, 15) is 4.79 Å². The zero-order valence-electron chi connectivity index (χ0n) is 6.44. The average molecular weight is 140 g/mol. The number of methoxy groups -OCH3 is 1. The van der Waals surface area contributed by atoms with Gasteiger partial charge in [0, 0.05) is 0 Å².